The molecule has 0 aromatic heterocycles. The van der Waals surface area contributed by atoms with Crippen molar-refractivity contribution >= 4 is 5.97 Å². The van der Waals surface area contributed by atoms with Gasteiger partial charge in [-0.2, -0.15) is 0 Å². The van der Waals surface area contributed by atoms with E-state index in [4.69, 9.17) is 14.2 Å². The van der Waals surface area contributed by atoms with E-state index in [1.807, 2.05) is 6.92 Å². The monoisotopic (exact) mass is 214 g/mol. The molecule has 0 N–H and O–H groups in total. The van der Waals surface area contributed by atoms with Crippen molar-refractivity contribution in [2.45, 2.75) is 50.9 Å². The van der Waals surface area contributed by atoms with Crippen molar-refractivity contribution in [3.63, 3.8) is 0 Å². The molecule has 0 spiro atoms. The van der Waals surface area contributed by atoms with Crippen LogP contribution in [-0.2, 0) is 19.0 Å². The van der Waals surface area contributed by atoms with Crippen LogP contribution in [0.2, 0.25) is 0 Å². The van der Waals surface area contributed by atoms with E-state index in [2.05, 4.69) is 0 Å². The van der Waals surface area contributed by atoms with E-state index in [1.165, 1.54) is 6.42 Å². The van der Waals surface area contributed by atoms with Crippen molar-refractivity contribution in [1.82, 2.24) is 0 Å². The molecule has 86 valence electrons. The van der Waals surface area contributed by atoms with Crippen LogP contribution in [0, 0.1) is 0 Å². The Morgan fingerprint density at radius 1 is 1.53 bits per heavy atom. The van der Waals surface area contributed by atoms with Gasteiger partial charge in [-0.1, -0.05) is 6.42 Å². The number of carbonyl (C=O) groups is 1. The lowest BCUT2D eigenvalue weighted by atomic mass is 10.0. The third-order valence-electron chi connectivity index (χ3n) is 2.97. The molecule has 0 aromatic rings. The standard InChI is InChI=1S/C11H18O4/c1-2-13-10(12)7-11-6-4-3-5-9(15-11)8-14-11/h9H,2-8H2,1H3/t9-,11-/m0/s1. The lowest BCUT2D eigenvalue weighted by molar-refractivity contribution is -0.188. The Morgan fingerprint density at radius 2 is 2.40 bits per heavy atom. The van der Waals surface area contributed by atoms with Crippen molar-refractivity contribution in [2.24, 2.45) is 0 Å². The fourth-order valence-corrected chi connectivity index (χ4v) is 2.27. The highest BCUT2D eigenvalue weighted by molar-refractivity contribution is 5.70. The normalized spacial score (nSPS) is 34.9. The molecule has 2 bridgehead atoms. The van der Waals surface area contributed by atoms with Gasteiger partial charge in [0.2, 0.25) is 0 Å². The van der Waals surface area contributed by atoms with Gasteiger partial charge >= 0.3 is 5.97 Å². The van der Waals surface area contributed by atoms with Crippen LogP contribution in [0.25, 0.3) is 0 Å². The number of ether oxygens (including phenoxy) is 3. The van der Waals surface area contributed by atoms with Crippen molar-refractivity contribution in [1.29, 1.82) is 0 Å². The average Bonchev–Trinajstić information content (AvgIpc) is 2.43. The molecule has 0 saturated carbocycles. The van der Waals surface area contributed by atoms with E-state index in [-0.39, 0.29) is 18.5 Å². The second kappa shape index (κ2) is 4.49. The zero-order valence-electron chi connectivity index (χ0n) is 9.16. The molecule has 2 aliphatic rings. The highest BCUT2D eigenvalue weighted by atomic mass is 16.7. The van der Waals surface area contributed by atoms with Crippen LogP contribution in [0.1, 0.15) is 39.0 Å². The van der Waals surface area contributed by atoms with Gasteiger partial charge in [-0.05, 0) is 19.8 Å². The molecule has 0 radical (unpaired) electrons. The highest BCUT2D eigenvalue weighted by Crippen LogP contribution is 2.37. The van der Waals surface area contributed by atoms with Crippen molar-refractivity contribution in [2.75, 3.05) is 13.2 Å². The number of hydrogen-bond donors (Lipinski definition) is 0. The number of rotatable bonds is 3. The summed E-state index contributed by atoms with van der Waals surface area (Å²) in [5, 5.41) is 0. The van der Waals surface area contributed by atoms with Crippen LogP contribution in [0.5, 0.6) is 0 Å². The predicted molar refractivity (Wildman–Crippen MR) is 53.3 cm³/mol. The van der Waals surface area contributed by atoms with Crippen LogP contribution in [-0.4, -0.2) is 31.1 Å². The molecule has 2 atom stereocenters. The smallest absolute Gasteiger partial charge is 0.311 e. The van der Waals surface area contributed by atoms with Gasteiger partial charge in [0.15, 0.2) is 5.79 Å². The predicted octanol–water partition coefficient (Wildman–Crippen LogP) is 1.63. The van der Waals surface area contributed by atoms with Crippen molar-refractivity contribution in [3.05, 3.63) is 0 Å². The topological polar surface area (TPSA) is 44.8 Å². The molecule has 0 aromatic carbocycles. The molecule has 4 nitrogen and oxygen atoms in total. The van der Waals surface area contributed by atoms with Crippen LogP contribution in [0.3, 0.4) is 0 Å². The number of carbonyl (C=O) groups excluding carboxylic acids is 1. The first kappa shape index (κ1) is 10.9. The quantitative estimate of drug-likeness (QED) is 0.670. The maximum Gasteiger partial charge on any atom is 0.311 e. The Morgan fingerprint density at radius 3 is 3.20 bits per heavy atom. The van der Waals surface area contributed by atoms with Crippen LogP contribution in [0.4, 0.5) is 0 Å². The summed E-state index contributed by atoms with van der Waals surface area (Å²) in [7, 11) is 0. The number of hydrogen-bond acceptors (Lipinski definition) is 4. The maximum absolute atomic E-state index is 11.4. The Balaban J connectivity index is 1.96. The fourth-order valence-electron chi connectivity index (χ4n) is 2.27. The first-order chi connectivity index (χ1) is 7.24. The fraction of sp³-hybridized carbons (Fsp3) is 0.909. The molecule has 15 heavy (non-hydrogen) atoms. The summed E-state index contributed by atoms with van der Waals surface area (Å²) in [6, 6.07) is 0. The summed E-state index contributed by atoms with van der Waals surface area (Å²) in [4.78, 5) is 11.4. The number of fused-ring (bicyclic) bond motifs is 2. The van der Waals surface area contributed by atoms with Gasteiger partial charge in [0.25, 0.3) is 0 Å². The summed E-state index contributed by atoms with van der Waals surface area (Å²) in [6.45, 7) is 2.85. The molecule has 2 rings (SSSR count). The Kier molecular flexibility index (Phi) is 3.26. The third-order valence-corrected chi connectivity index (χ3v) is 2.97. The van der Waals surface area contributed by atoms with Crippen LogP contribution < -0.4 is 0 Å². The van der Waals surface area contributed by atoms with E-state index in [0.29, 0.717) is 13.2 Å². The molecular weight excluding hydrogens is 196 g/mol. The summed E-state index contributed by atoms with van der Waals surface area (Å²) in [5.74, 6) is -0.895. The van der Waals surface area contributed by atoms with Gasteiger partial charge in [-0.15, -0.1) is 0 Å². The molecule has 2 heterocycles. The Hall–Kier alpha value is -0.610. The maximum atomic E-state index is 11.4. The van der Waals surface area contributed by atoms with Gasteiger partial charge < -0.3 is 14.2 Å². The van der Waals surface area contributed by atoms with E-state index < -0.39 is 5.79 Å². The van der Waals surface area contributed by atoms with Gasteiger partial charge in [0, 0.05) is 6.42 Å². The van der Waals surface area contributed by atoms with E-state index in [0.717, 1.165) is 19.3 Å². The molecule has 0 unspecified atom stereocenters. The molecule has 4 heteroatoms. The Labute approximate surface area is 89.9 Å². The third kappa shape index (κ3) is 2.49. The van der Waals surface area contributed by atoms with Crippen LogP contribution >= 0.6 is 0 Å². The van der Waals surface area contributed by atoms with E-state index in [9.17, 15) is 4.79 Å². The second-order valence-corrected chi connectivity index (χ2v) is 4.19. The van der Waals surface area contributed by atoms with Crippen molar-refractivity contribution in [3.8, 4) is 0 Å². The lowest BCUT2D eigenvalue weighted by Crippen LogP contribution is -2.33. The summed E-state index contributed by atoms with van der Waals surface area (Å²) < 4.78 is 16.4. The first-order valence-corrected chi connectivity index (χ1v) is 5.71. The minimum atomic E-state index is -0.673. The summed E-state index contributed by atoms with van der Waals surface area (Å²) in [5.41, 5.74) is 0. The lowest BCUT2D eigenvalue weighted by Gasteiger charge is -2.25. The minimum Gasteiger partial charge on any atom is -0.466 e. The molecule has 2 saturated heterocycles. The van der Waals surface area contributed by atoms with E-state index in [1.54, 1.807) is 0 Å². The minimum absolute atomic E-state index is 0.182. The van der Waals surface area contributed by atoms with Crippen molar-refractivity contribution < 1.29 is 19.0 Å². The second-order valence-electron chi connectivity index (χ2n) is 4.19. The highest BCUT2D eigenvalue weighted by Gasteiger charge is 2.44. The summed E-state index contributed by atoms with van der Waals surface area (Å²) in [6.07, 6.45) is 4.50. The molecule has 0 amide bonds. The molecule has 2 aliphatic heterocycles. The van der Waals surface area contributed by atoms with Gasteiger partial charge in [0.05, 0.1) is 25.7 Å². The van der Waals surface area contributed by atoms with Gasteiger partial charge in [-0.25, -0.2) is 0 Å². The molecule has 0 aliphatic carbocycles. The average molecular weight is 214 g/mol. The summed E-state index contributed by atoms with van der Waals surface area (Å²) >= 11 is 0. The van der Waals surface area contributed by atoms with Gasteiger partial charge in [0.1, 0.15) is 0 Å². The molecular formula is C11H18O4. The zero-order valence-corrected chi connectivity index (χ0v) is 9.16. The van der Waals surface area contributed by atoms with Crippen LogP contribution in [0.15, 0.2) is 0 Å². The SMILES string of the molecule is CCOC(=O)C[C@@]12CCCC[C@@H](CO1)O2. The van der Waals surface area contributed by atoms with E-state index >= 15 is 0 Å². The largest absolute Gasteiger partial charge is 0.466 e. The molecule has 2 fully saturated rings. The number of esters is 1. The zero-order chi connectivity index (χ0) is 10.7. The first-order valence-electron chi connectivity index (χ1n) is 5.71. The van der Waals surface area contributed by atoms with Gasteiger partial charge in [-0.3, -0.25) is 4.79 Å². The Bertz CT molecular complexity index is 241.